The molecule has 0 bridgehead atoms. The summed E-state index contributed by atoms with van der Waals surface area (Å²) in [6, 6.07) is 9.84. The van der Waals surface area contributed by atoms with E-state index in [2.05, 4.69) is 92.0 Å². The number of carbonyl (C=O) groups is 2. The van der Waals surface area contributed by atoms with Crippen LogP contribution in [0, 0.1) is 11.8 Å². The van der Waals surface area contributed by atoms with Gasteiger partial charge in [-0.25, -0.2) is 0 Å². The van der Waals surface area contributed by atoms with Crippen molar-refractivity contribution in [2.45, 2.75) is 142 Å². The Hall–Kier alpha value is -2.01. The largest absolute Gasteiger partial charge is 0.491 e. The average Bonchev–Trinajstić information content (AvgIpc) is 3.19. The number of ether oxygens (including phenoxy) is 2. The first-order valence-corrected chi connectivity index (χ1v) is 22.6. The van der Waals surface area contributed by atoms with Crippen LogP contribution >= 0.6 is 0 Å². The molecule has 254 valence electrons. The van der Waals surface area contributed by atoms with Crippen LogP contribution in [0.15, 0.2) is 54.6 Å². The van der Waals surface area contributed by atoms with E-state index >= 15 is 0 Å². The third-order valence-corrected chi connectivity index (χ3v) is 18.6. The van der Waals surface area contributed by atoms with E-state index in [0.29, 0.717) is 25.9 Å². The SMILES string of the molecule is CC(C)OC(=O)CCCC=CC[C@H]1C(=O)CC(O[Si](C)(C)C(C)(C)C)[C@@H]1C=C[C@H](COc1ccccc1)O[Si](C)(C)C(C)(C)C. The van der Waals surface area contributed by atoms with E-state index in [1.807, 2.05) is 44.2 Å². The standard InChI is InChI=1S/C37H62O6Si2/c1-28(2)41-35(39)23-19-14-13-18-22-31-32(34(26-33(31)38)43-45(11,12)37(6,7)8)25-24-30(42-44(9,10)36(3,4)5)27-40-29-20-16-15-17-21-29/h13,15-18,20-21,24-25,28,30-32,34H,14,19,22-23,26-27H2,1-12H3/t30-,31-,32-,34?/m1/s1. The first-order chi connectivity index (χ1) is 20.7. The third-order valence-electron chi connectivity index (χ3n) is 9.60. The second-order valence-electron chi connectivity index (χ2n) is 15.8. The average molecular weight is 659 g/mol. The molecule has 0 aliphatic heterocycles. The topological polar surface area (TPSA) is 71.1 Å². The highest BCUT2D eigenvalue weighted by atomic mass is 28.4. The van der Waals surface area contributed by atoms with E-state index in [4.69, 9.17) is 18.3 Å². The van der Waals surface area contributed by atoms with Gasteiger partial charge in [0.1, 0.15) is 18.1 Å². The zero-order valence-electron chi connectivity index (χ0n) is 30.3. The number of rotatable bonds is 16. The van der Waals surface area contributed by atoms with Gasteiger partial charge in [0.15, 0.2) is 16.6 Å². The first-order valence-electron chi connectivity index (χ1n) is 16.8. The number of hydrogen-bond acceptors (Lipinski definition) is 6. The normalized spacial score (nSPS) is 20.8. The van der Waals surface area contributed by atoms with Gasteiger partial charge < -0.3 is 18.3 Å². The molecule has 1 saturated carbocycles. The van der Waals surface area contributed by atoms with Gasteiger partial charge in [0.2, 0.25) is 0 Å². The minimum absolute atomic E-state index is 0.0382. The zero-order chi connectivity index (χ0) is 34.1. The van der Waals surface area contributed by atoms with Crippen molar-refractivity contribution >= 4 is 28.4 Å². The summed E-state index contributed by atoms with van der Waals surface area (Å²) in [7, 11) is -4.23. The summed E-state index contributed by atoms with van der Waals surface area (Å²) in [5.41, 5.74) is 0. The highest BCUT2D eigenvalue weighted by molar-refractivity contribution is 6.74. The molecular weight excluding hydrogens is 597 g/mol. The van der Waals surface area contributed by atoms with Gasteiger partial charge in [-0.15, -0.1) is 0 Å². The van der Waals surface area contributed by atoms with Crippen LogP contribution in [-0.2, 0) is 23.2 Å². The Labute approximate surface area is 276 Å². The Balaban J connectivity index is 2.29. The molecular formula is C37H62O6Si2. The molecule has 6 nitrogen and oxygen atoms in total. The molecule has 0 heterocycles. The molecule has 0 spiro atoms. The number of hydrogen-bond donors (Lipinski definition) is 0. The van der Waals surface area contributed by atoms with Crippen molar-refractivity contribution in [2.75, 3.05) is 6.61 Å². The lowest BCUT2D eigenvalue weighted by atomic mass is 9.90. The molecule has 0 aromatic heterocycles. The molecule has 2 rings (SSSR count). The molecule has 1 aliphatic rings. The number of ketones is 1. The maximum absolute atomic E-state index is 13.5. The quantitative estimate of drug-likeness (QED) is 0.0762. The van der Waals surface area contributed by atoms with Crippen LogP contribution in [0.2, 0.25) is 36.3 Å². The maximum Gasteiger partial charge on any atom is 0.306 e. The molecule has 0 radical (unpaired) electrons. The van der Waals surface area contributed by atoms with Gasteiger partial charge >= 0.3 is 5.97 Å². The van der Waals surface area contributed by atoms with Crippen molar-refractivity contribution < 1.29 is 27.9 Å². The van der Waals surface area contributed by atoms with Gasteiger partial charge in [-0.1, -0.05) is 84.0 Å². The fraction of sp³-hybridized carbons (Fsp3) is 0.676. The molecule has 4 atom stereocenters. The summed E-state index contributed by atoms with van der Waals surface area (Å²) >= 11 is 0. The van der Waals surface area contributed by atoms with Crippen LogP contribution in [0.25, 0.3) is 0 Å². The van der Waals surface area contributed by atoms with Gasteiger partial charge in [0.25, 0.3) is 0 Å². The lowest BCUT2D eigenvalue weighted by Crippen LogP contribution is -2.45. The predicted octanol–water partition coefficient (Wildman–Crippen LogP) is 9.68. The van der Waals surface area contributed by atoms with Crippen molar-refractivity contribution in [3.8, 4) is 5.75 Å². The number of unbranched alkanes of at least 4 members (excludes halogenated alkanes) is 1. The van der Waals surface area contributed by atoms with Gasteiger partial charge in [-0.2, -0.15) is 0 Å². The lowest BCUT2D eigenvalue weighted by Gasteiger charge is -2.40. The lowest BCUT2D eigenvalue weighted by molar-refractivity contribution is -0.147. The number of para-hydroxylation sites is 1. The number of allylic oxidation sites excluding steroid dienone is 2. The molecule has 1 fully saturated rings. The molecule has 0 amide bonds. The van der Waals surface area contributed by atoms with Crippen molar-refractivity contribution in [3.05, 3.63) is 54.6 Å². The van der Waals surface area contributed by atoms with Gasteiger partial charge in [-0.05, 0) is 81.5 Å². The van der Waals surface area contributed by atoms with Crippen LogP contribution in [0.3, 0.4) is 0 Å². The Morgan fingerprint density at radius 1 is 0.956 bits per heavy atom. The summed E-state index contributed by atoms with van der Waals surface area (Å²) in [5, 5.41) is 0.0819. The van der Waals surface area contributed by atoms with Crippen LogP contribution < -0.4 is 4.74 Å². The van der Waals surface area contributed by atoms with Crippen LogP contribution in [0.5, 0.6) is 5.75 Å². The summed E-state index contributed by atoms with van der Waals surface area (Å²) in [4.78, 5) is 25.4. The van der Waals surface area contributed by atoms with E-state index < -0.39 is 16.6 Å². The Bertz CT molecular complexity index is 1130. The maximum atomic E-state index is 13.5. The van der Waals surface area contributed by atoms with E-state index in [-0.39, 0.29) is 52.0 Å². The molecule has 1 aromatic carbocycles. The van der Waals surface area contributed by atoms with E-state index in [0.717, 1.165) is 18.6 Å². The molecule has 0 N–H and O–H groups in total. The fourth-order valence-corrected chi connectivity index (χ4v) is 7.47. The van der Waals surface area contributed by atoms with E-state index in [1.165, 1.54) is 0 Å². The smallest absolute Gasteiger partial charge is 0.306 e. The molecule has 1 unspecified atom stereocenters. The van der Waals surface area contributed by atoms with Crippen LogP contribution in [-0.4, -0.2) is 53.3 Å². The highest BCUT2D eigenvalue weighted by Crippen LogP contribution is 2.43. The predicted molar refractivity (Wildman–Crippen MR) is 191 cm³/mol. The summed E-state index contributed by atoms with van der Waals surface area (Å²) in [6.07, 6.45) is 11.0. The fourth-order valence-electron chi connectivity index (χ4n) is 4.86. The Kier molecular flexibility index (Phi) is 14.5. The minimum Gasteiger partial charge on any atom is -0.491 e. The monoisotopic (exact) mass is 658 g/mol. The third kappa shape index (κ3) is 12.6. The minimum atomic E-state index is -2.12. The van der Waals surface area contributed by atoms with Crippen LogP contribution in [0.4, 0.5) is 0 Å². The second-order valence-corrected chi connectivity index (χ2v) is 25.3. The summed E-state index contributed by atoms with van der Waals surface area (Å²) in [5.74, 6) is 0.679. The molecule has 45 heavy (non-hydrogen) atoms. The molecule has 1 aromatic rings. The van der Waals surface area contributed by atoms with E-state index in [1.54, 1.807) is 0 Å². The van der Waals surface area contributed by atoms with Gasteiger partial charge in [-0.3, -0.25) is 9.59 Å². The van der Waals surface area contributed by atoms with Gasteiger partial charge in [0, 0.05) is 24.7 Å². The van der Waals surface area contributed by atoms with Crippen molar-refractivity contribution in [1.29, 1.82) is 0 Å². The summed E-state index contributed by atoms with van der Waals surface area (Å²) in [6.45, 7) is 26.6. The number of carbonyl (C=O) groups excluding carboxylic acids is 2. The first kappa shape index (κ1) is 39.2. The number of Topliss-reactive ketones (excluding diaryl/α,β-unsaturated/α-hetero) is 1. The van der Waals surface area contributed by atoms with E-state index in [9.17, 15) is 9.59 Å². The second kappa shape index (κ2) is 16.7. The Morgan fingerprint density at radius 3 is 2.16 bits per heavy atom. The number of esters is 1. The van der Waals surface area contributed by atoms with Crippen molar-refractivity contribution in [2.24, 2.45) is 11.8 Å². The molecule has 0 saturated heterocycles. The zero-order valence-corrected chi connectivity index (χ0v) is 32.3. The summed E-state index contributed by atoms with van der Waals surface area (Å²) < 4.78 is 25.2. The van der Waals surface area contributed by atoms with Crippen molar-refractivity contribution in [1.82, 2.24) is 0 Å². The molecule has 8 heteroatoms. The number of benzene rings is 1. The molecule has 1 aliphatic carbocycles. The van der Waals surface area contributed by atoms with Crippen LogP contribution in [0.1, 0.15) is 87.5 Å². The highest BCUT2D eigenvalue weighted by Gasteiger charge is 2.47. The Morgan fingerprint density at radius 2 is 1.58 bits per heavy atom. The van der Waals surface area contributed by atoms with Gasteiger partial charge in [0.05, 0.1) is 18.3 Å². The van der Waals surface area contributed by atoms with Crippen molar-refractivity contribution in [3.63, 3.8) is 0 Å².